The number of carbonyl (C=O) groups is 1. The summed E-state index contributed by atoms with van der Waals surface area (Å²) in [5, 5.41) is 10.5. The molecule has 4 rings (SSSR count). The number of pyridine rings is 1. The Labute approximate surface area is 177 Å². The van der Waals surface area contributed by atoms with Gasteiger partial charge in [0.15, 0.2) is 5.82 Å². The van der Waals surface area contributed by atoms with E-state index in [-0.39, 0.29) is 6.03 Å². The molecular weight excluding hydrogens is 376 g/mol. The highest BCUT2D eigenvalue weighted by atomic mass is 16.2. The van der Waals surface area contributed by atoms with E-state index in [2.05, 4.69) is 31.8 Å². The molecule has 1 saturated heterocycles. The van der Waals surface area contributed by atoms with Crippen LogP contribution in [0.2, 0.25) is 0 Å². The summed E-state index contributed by atoms with van der Waals surface area (Å²) >= 11 is 0. The number of amides is 2. The fourth-order valence-corrected chi connectivity index (χ4v) is 3.78. The van der Waals surface area contributed by atoms with Crippen molar-refractivity contribution in [2.45, 2.75) is 32.6 Å². The minimum Gasteiger partial charge on any atom is -0.355 e. The first-order valence-electron chi connectivity index (χ1n) is 10.6. The van der Waals surface area contributed by atoms with Crippen LogP contribution in [-0.2, 0) is 6.42 Å². The summed E-state index contributed by atoms with van der Waals surface area (Å²) in [5.74, 6) is 0.856. The standard InChI is InChI=1S/C23H28N6O/c1-18-19(17-29(27-18)20-10-3-2-4-11-20)9-7-14-25-23(30)26-21-12-8-13-24-22(21)28-15-5-6-16-28/h2-4,8,10-13,17H,5-7,9,14-16H2,1H3,(H2,25,26,30). The second-order valence-corrected chi connectivity index (χ2v) is 7.57. The third-order valence-corrected chi connectivity index (χ3v) is 5.37. The second-order valence-electron chi connectivity index (χ2n) is 7.57. The van der Waals surface area contributed by atoms with Gasteiger partial charge in [0.1, 0.15) is 0 Å². The van der Waals surface area contributed by atoms with Gasteiger partial charge < -0.3 is 15.5 Å². The number of hydrogen-bond acceptors (Lipinski definition) is 4. The summed E-state index contributed by atoms with van der Waals surface area (Å²) < 4.78 is 1.91. The molecule has 7 nitrogen and oxygen atoms in total. The molecule has 0 radical (unpaired) electrons. The van der Waals surface area contributed by atoms with Crippen LogP contribution in [0.4, 0.5) is 16.3 Å². The lowest BCUT2D eigenvalue weighted by atomic mass is 10.1. The van der Waals surface area contributed by atoms with Crippen LogP contribution < -0.4 is 15.5 Å². The second kappa shape index (κ2) is 9.43. The number of carbonyl (C=O) groups excluding carboxylic acids is 1. The smallest absolute Gasteiger partial charge is 0.319 e. The fraction of sp³-hybridized carbons (Fsp3) is 0.348. The van der Waals surface area contributed by atoms with E-state index < -0.39 is 0 Å². The molecule has 2 N–H and O–H groups in total. The van der Waals surface area contributed by atoms with Gasteiger partial charge >= 0.3 is 6.03 Å². The molecule has 0 saturated carbocycles. The minimum absolute atomic E-state index is 0.194. The number of rotatable bonds is 7. The van der Waals surface area contributed by atoms with Gasteiger partial charge in [0, 0.05) is 32.0 Å². The van der Waals surface area contributed by atoms with Crippen molar-refractivity contribution in [3.05, 3.63) is 66.1 Å². The summed E-state index contributed by atoms with van der Waals surface area (Å²) in [7, 11) is 0. The van der Waals surface area contributed by atoms with Crippen molar-refractivity contribution in [1.29, 1.82) is 0 Å². The summed E-state index contributed by atoms with van der Waals surface area (Å²) in [6, 6.07) is 13.6. The van der Waals surface area contributed by atoms with Crippen molar-refractivity contribution in [3.8, 4) is 5.69 Å². The zero-order valence-corrected chi connectivity index (χ0v) is 17.3. The van der Waals surface area contributed by atoms with Crippen LogP contribution in [0.15, 0.2) is 54.9 Å². The van der Waals surface area contributed by atoms with Gasteiger partial charge in [0.05, 0.1) is 17.1 Å². The highest BCUT2D eigenvalue weighted by Crippen LogP contribution is 2.25. The van der Waals surface area contributed by atoms with Crippen molar-refractivity contribution in [2.24, 2.45) is 0 Å². The van der Waals surface area contributed by atoms with Crippen molar-refractivity contribution >= 4 is 17.5 Å². The highest BCUT2D eigenvalue weighted by Gasteiger charge is 2.17. The number of nitrogens with one attached hydrogen (secondary N) is 2. The molecule has 2 amide bonds. The van der Waals surface area contributed by atoms with Crippen molar-refractivity contribution in [3.63, 3.8) is 0 Å². The molecule has 2 aromatic heterocycles. The molecule has 0 aliphatic carbocycles. The van der Waals surface area contributed by atoms with Crippen LogP contribution in [0.25, 0.3) is 5.69 Å². The van der Waals surface area contributed by atoms with Gasteiger partial charge in [-0.15, -0.1) is 0 Å². The SMILES string of the molecule is Cc1nn(-c2ccccc2)cc1CCCNC(=O)Nc1cccnc1N1CCCC1. The number of nitrogens with zero attached hydrogens (tertiary/aromatic N) is 4. The van der Waals surface area contributed by atoms with Crippen LogP contribution in [-0.4, -0.2) is 40.4 Å². The van der Waals surface area contributed by atoms with Crippen LogP contribution in [0, 0.1) is 6.92 Å². The topological polar surface area (TPSA) is 75.1 Å². The van der Waals surface area contributed by atoms with Crippen molar-refractivity contribution < 1.29 is 4.79 Å². The Morgan fingerprint density at radius 3 is 2.70 bits per heavy atom. The van der Waals surface area contributed by atoms with E-state index in [0.717, 1.165) is 48.8 Å². The van der Waals surface area contributed by atoms with Gasteiger partial charge in [0.2, 0.25) is 0 Å². The summed E-state index contributed by atoms with van der Waals surface area (Å²) in [6.07, 6.45) is 7.90. The van der Waals surface area contributed by atoms with Gasteiger partial charge in [0.25, 0.3) is 0 Å². The molecule has 30 heavy (non-hydrogen) atoms. The lowest BCUT2D eigenvalue weighted by Crippen LogP contribution is -2.31. The van der Waals surface area contributed by atoms with Gasteiger partial charge in [-0.05, 0) is 62.4 Å². The number of hydrogen-bond donors (Lipinski definition) is 2. The monoisotopic (exact) mass is 404 g/mol. The third kappa shape index (κ3) is 4.79. The molecule has 1 aliphatic rings. The van der Waals surface area contributed by atoms with Gasteiger partial charge in [-0.2, -0.15) is 5.10 Å². The number of anilines is 2. The first-order chi connectivity index (χ1) is 14.7. The Hall–Kier alpha value is -3.35. The van der Waals surface area contributed by atoms with Crippen LogP contribution in [0.1, 0.15) is 30.5 Å². The average molecular weight is 405 g/mol. The minimum atomic E-state index is -0.194. The van der Waals surface area contributed by atoms with Crippen molar-refractivity contribution in [2.75, 3.05) is 29.9 Å². The molecule has 1 aromatic carbocycles. The predicted octanol–water partition coefficient (Wildman–Crippen LogP) is 3.93. The number of para-hydroxylation sites is 1. The number of aromatic nitrogens is 3. The first-order valence-corrected chi connectivity index (χ1v) is 10.6. The van der Waals surface area contributed by atoms with Gasteiger partial charge in [-0.1, -0.05) is 18.2 Å². The lowest BCUT2D eigenvalue weighted by molar-refractivity contribution is 0.252. The van der Waals surface area contributed by atoms with Gasteiger partial charge in [-0.25, -0.2) is 14.5 Å². The molecule has 0 spiro atoms. The Bertz CT molecular complexity index is 978. The average Bonchev–Trinajstić information content (AvgIpc) is 3.42. The maximum atomic E-state index is 12.4. The molecule has 156 valence electrons. The van der Waals surface area contributed by atoms with E-state index in [1.165, 1.54) is 18.4 Å². The van der Waals surface area contributed by atoms with E-state index in [1.807, 2.05) is 54.1 Å². The zero-order chi connectivity index (χ0) is 20.8. The molecule has 0 bridgehead atoms. The molecule has 0 unspecified atom stereocenters. The lowest BCUT2D eigenvalue weighted by Gasteiger charge is -2.20. The molecule has 3 heterocycles. The zero-order valence-electron chi connectivity index (χ0n) is 17.3. The summed E-state index contributed by atoms with van der Waals surface area (Å²) in [4.78, 5) is 19.0. The number of aryl methyl sites for hydroxylation is 2. The van der Waals surface area contributed by atoms with Gasteiger partial charge in [-0.3, -0.25) is 0 Å². The van der Waals surface area contributed by atoms with E-state index in [4.69, 9.17) is 0 Å². The van der Waals surface area contributed by atoms with E-state index >= 15 is 0 Å². The summed E-state index contributed by atoms with van der Waals surface area (Å²) in [5.41, 5.74) is 4.03. The van der Waals surface area contributed by atoms with Crippen molar-refractivity contribution in [1.82, 2.24) is 20.1 Å². The van der Waals surface area contributed by atoms with Crippen LogP contribution in [0.5, 0.6) is 0 Å². The fourth-order valence-electron chi connectivity index (χ4n) is 3.78. The maximum absolute atomic E-state index is 12.4. The Morgan fingerprint density at radius 2 is 1.90 bits per heavy atom. The predicted molar refractivity (Wildman–Crippen MR) is 119 cm³/mol. The highest BCUT2D eigenvalue weighted by molar-refractivity contribution is 5.92. The third-order valence-electron chi connectivity index (χ3n) is 5.37. The quantitative estimate of drug-likeness (QED) is 0.585. The Balaban J connectivity index is 1.27. The van der Waals surface area contributed by atoms with Crippen LogP contribution >= 0.6 is 0 Å². The molecule has 0 atom stereocenters. The molecule has 1 fully saturated rings. The Morgan fingerprint density at radius 1 is 1.10 bits per heavy atom. The summed E-state index contributed by atoms with van der Waals surface area (Å²) in [6.45, 7) is 4.60. The molecule has 3 aromatic rings. The van der Waals surface area contributed by atoms with Crippen LogP contribution in [0.3, 0.4) is 0 Å². The number of urea groups is 1. The number of benzene rings is 1. The van der Waals surface area contributed by atoms with E-state index in [9.17, 15) is 4.79 Å². The maximum Gasteiger partial charge on any atom is 0.319 e. The molecule has 1 aliphatic heterocycles. The van der Waals surface area contributed by atoms with E-state index in [0.29, 0.717) is 6.54 Å². The Kier molecular flexibility index (Phi) is 6.27. The molecule has 7 heteroatoms. The largest absolute Gasteiger partial charge is 0.355 e. The molecular formula is C23H28N6O. The van der Waals surface area contributed by atoms with E-state index in [1.54, 1.807) is 6.20 Å². The first kappa shape index (κ1) is 19.9. The normalized spacial score (nSPS) is 13.4.